The number of rotatable bonds is 6. The van der Waals surface area contributed by atoms with Crippen molar-refractivity contribution in [3.05, 3.63) is 22.7 Å². The van der Waals surface area contributed by atoms with Crippen molar-refractivity contribution in [2.75, 3.05) is 19.1 Å². The average Bonchev–Trinajstić information content (AvgIpc) is 2.43. The molecule has 1 aromatic rings. The molecule has 0 fully saturated rings. The molecule has 0 saturated carbocycles. The summed E-state index contributed by atoms with van der Waals surface area (Å²) in [7, 11) is 1.79. The van der Waals surface area contributed by atoms with Crippen LogP contribution in [0.15, 0.2) is 6.20 Å². The highest BCUT2D eigenvalue weighted by molar-refractivity contribution is 7.98. The Kier molecular flexibility index (Phi) is 6.76. The van der Waals surface area contributed by atoms with Gasteiger partial charge in [-0.25, -0.2) is 9.97 Å². The van der Waals surface area contributed by atoms with Crippen molar-refractivity contribution < 1.29 is 4.79 Å². The van der Waals surface area contributed by atoms with Crippen LogP contribution in [0, 0.1) is 0 Å². The number of halogens is 1. The number of carbonyl (C=O) groups is 1. The topological polar surface area (TPSA) is 46.1 Å². The van der Waals surface area contributed by atoms with Gasteiger partial charge in [0.1, 0.15) is 5.82 Å². The van der Waals surface area contributed by atoms with Crippen molar-refractivity contribution in [2.24, 2.45) is 0 Å². The number of amides is 1. The Bertz CT molecular complexity index is 468. The minimum Gasteiger partial charge on any atom is -0.338 e. The Morgan fingerprint density at radius 3 is 2.65 bits per heavy atom. The van der Waals surface area contributed by atoms with E-state index in [1.807, 2.05) is 20.8 Å². The molecule has 1 aromatic heterocycles. The molecule has 20 heavy (non-hydrogen) atoms. The van der Waals surface area contributed by atoms with Crippen molar-refractivity contribution in [1.29, 1.82) is 0 Å². The van der Waals surface area contributed by atoms with Gasteiger partial charge in [0.2, 0.25) is 0 Å². The van der Waals surface area contributed by atoms with Crippen molar-refractivity contribution >= 4 is 29.3 Å². The molecule has 112 valence electrons. The summed E-state index contributed by atoms with van der Waals surface area (Å²) in [5.41, 5.74) is 0.295. The van der Waals surface area contributed by atoms with Crippen LogP contribution in [0.25, 0.3) is 0 Å². The van der Waals surface area contributed by atoms with E-state index in [0.29, 0.717) is 16.5 Å². The van der Waals surface area contributed by atoms with Gasteiger partial charge in [-0.3, -0.25) is 4.79 Å². The van der Waals surface area contributed by atoms with E-state index < -0.39 is 0 Å². The molecule has 1 rings (SSSR count). The molecule has 0 aliphatic heterocycles. The van der Waals surface area contributed by atoms with E-state index in [0.717, 1.165) is 12.2 Å². The van der Waals surface area contributed by atoms with E-state index in [2.05, 4.69) is 16.2 Å². The molecule has 0 aromatic carbocycles. The third-order valence-corrected chi connectivity index (χ3v) is 4.12. The predicted octanol–water partition coefficient (Wildman–Crippen LogP) is 3.47. The van der Waals surface area contributed by atoms with Gasteiger partial charge in [-0.05, 0) is 25.4 Å². The minimum absolute atomic E-state index is 0.145. The van der Waals surface area contributed by atoms with Crippen LogP contribution in [0.5, 0.6) is 0 Å². The van der Waals surface area contributed by atoms with E-state index in [1.165, 1.54) is 6.20 Å². The molecule has 0 N–H and O–H groups in total. The maximum atomic E-state index is 12.5. The summed E-state index contributed by atoms with van der Waals surface area (Å²) in [6.45, 7) is 6.01. The summed E-state index contributed by atoms with van der Waals surface area (Å²) in [4.78, 5) is 22.7. The molecule has 0 radical (unpaired) electrons. The number of aromatic nitrogens is 2. The van der Waals surface area contributed by atoms with Crippen LogP contribution in [0.4, 0.5) is 0 Å². The van der Waals surface area contributed by atoms with Gasteiger partial charge in [-0.1, -0.05) is 25.4 Å². The normalized spacial score (nSPS) is 12.6. The molecule has 0 bridgehead atoms. The standard InChI is InChI=1S/C14H22ClN3OS/c1-9(2)13-16-8-11(15)12(17-13)14(19)18(4)10(3)6-7-20-5/h8-10H,6-7H2,1-5H3. The largest absolute Gasteiger partial charge is 0.338 e. The summed E-state index contributed by atoms with van der Waals surface area (Å²) in [5, 5.41) is 0.309. The summed E-state index contributed by atoms with van der Waals surface area (Å²) < 4.78 is 0. The highest BCUT2D eigenvalue weighted by atomic mass is 35.5. The molecule has 1 heterocycles. The highest BCUT2D eigenvalue weighted by Crippen LogP contribution is 2.19. The van der Waals surface area contributed by atoms with Gasteiger partial charge in [0, 0.05) is 19.0 Å². The summed E-state index contributed by atoms with van der Waals surface area (Å²) in [6.07, 6.45) is 4.52. The second-order valence-corrected chi connectivity index (χ2v) is 6.52. The monoisotopic (exact) mass is 315 g/mol. The Hall–Kier alpha value is -0.810. The van der Waals surface area contributed by atoms with Crippen molar-refractivity contribution in [1.82, 2.24) is 14.9 Å². The van der Waals surface area contributed by atoms with E-state index in [1.54, 1.807) is 23.7 Å². The number of hydrogen-bond donors (Lipinski definition) is 0. The van der Waals surface area contributed by atoms with Crippen LogP contribution >= 0.6 is 23.4 Å². The molecular formula is C14H22ClN3OS. The molecule has 0 saturated heterocycles. The van der Waals surface area contributed by atoms with Gasteiger partial charge < -0.3 is 4.90 Å². The quantitative estimate of drug-likeness (QED) is 0.806. The predicted molar refractivity (Wildman–Crippen MR) is 85.7 cm³/mol. The fraction of sp³-hybridized carbons (Fsp3) is 0.643. The highest BCUT2D eigenvalue weighted by Gasteiger charge is 2.22. The van der Waals surface area contributed by atoms with Gasteiger partial charge in [-0.15, -0.1) is 0 Å². The molecule has 1 atom stereocenters. The Morgan fingerprint density at radius 1 is 1.45 bits per heavy atom. The first-order chi connectivity index (χ1) is 9.38. The van der Waals surface area contributed by atoms with E-state index >= 15 is 0 Å². The second kappa shape index (κ2) is 7.84. The van der Waals surface area contributed by atoms with Crippen molar-refractivity contribution in [3.8, 4) is 0 Å². The first kappa shape index (κ1) is 17.2. The second-order valence-electron chi connectivity index (χ2n) is 5.13. The van der Waals surface area contributed by atoms with Crippen LogP contribution in [-0.2, 0) is 0 Å². The lowest BCUT2D eigenvalue weighted by molar-refractivity contribution is 0.0735. The van der Waals surface area contributed by atoms with Gasteiger partial charge >= 0.3 is 0 Å². The fourth-order valence-corrected chi connectivity index (χ4v) is 2.41. The molecule has 6 heteroatoms. The van der Waals surface area contributed by atoms with E-state index in [4.69, 9.17) is 11.6 Å². The van der Waals surface area contributed by atoms with Gasteiger partial charge in [-0.2, -0.15) is 11.8 Å². The first-order valence-corrected chi connectivity index (χ1v) is 8.44. The molecule has 0 aliphatic rings. The summed E-state index contributed by atoms with van der Waals surface area (Å²) >= 11 is 7.85. The van der Waals surface area contributed by atoms with Crippen molar-refractivity contribution in [3.63, 3.8) is 0 Å². The summed E-state index contributed by atoms with van der Waals surface area (Å²) in [6, 6.07) is 0.156. The lowest BCUT2D eigenvalue weighted by Crippen LogP contribution is -2.36. The zero-order valence-corrected chi connectivity index (χ0v) is 14.3. The van der Waals surface area contributed by atoms with Gasteiger partial charge in [0.05, 0.1) is 11.2 Å². The fourth-order valence-electron chi connectivity index (χ4n) is 1.66. The average molecular weight is 316 g/mol. The van der Waals surface area contributed by atoms with Gasteiger partial charge in [0.25, 0.3) is 5.91 Å². The molecule has 0 aliphatic carbocycles. The Balaban J connectivity index is 2.93. The Labute approximate surface area is 130 Å². The Morgan fingerprint density at radius 2 is 2.10 bits per heavy atom. The van der Waals surface area contributed by atoms with Crippen LogP contribution in [-0.4, -0.2) is 45.9 Å². The van der Waals surface area contributed by atoms with Crippen LogP contribution in [0.2, 0.25) is 5.02 Å². The van der Waals surface area contributed by atoms with Crippen molar-refractivity contribution in [2.45, 2.75) is 39.2 Å². The van der Waals surface area contributed by atoms with Gasteiger partial charge in [0.15, 0.2) is 5.69 Å². The minimum atomic E-state index is -0.145. The summed E-state index contributed by atoms with van der Waals surface area (Å²) in [5.74, 6) is 1.68. The van der Waals surface area contributed by atoms with Crippen LogP contribution in [0.3, 0.4) is 0 Å². The maximum absolute atomic E-state index is 12.5. The van der Waals surface area contributed by atoms with E-state index in [-0.39, 0.29) is 17.9 Å². The maximum Gasteiger partial charge on any atom is 0.274 e. The molecule has 1 unspecified atom stereocenters. The number of hydrogen-bond acceptors (Lipinski definition) is 4. The molecule has 1 amide bonds. The van der Waals surface area contributed by atoms with E-state index in [9.17, 15) is 4.79 Å². The van der Waals surface area contributed by atoms with Crippen LogP contribution < -0.4 is 0 Å². The smallest absolute Gasteiger partial charge is 0.274 e. The molecule has 0 spiro atoms. The number of nitrogens with zero attached hydrogens (tertiary/aromatic N) is 3. The number of thioether (sulfide) groups is 1. The zero-order valence-electron chi connectivity index (χ0n) is 12.7. The lowest BCUT2D eigenvalue weighted by atomic mass is 10.2. The molecular weight excluding hydrogens is 294 g/mol. The zero-order chi connectivity index (χ0) is 15.3. The number of carbonyl (C=O) groups excluding carboxylic acids is 1. The molecule has 4 nitrogen and oxygen atoms in total. The third kappa shape index (κ3) is 4.35. The van der Waals surface area contributed by atoms with Crippen LogP contribution in [0.1, 0.15) is 49.4 Å². The SMILES string of the molecule is CSCCC(C)N(C)C(=O)c1nc(C(C)C)ncc1Cl. The first-order valence-electron chi connectivity index (χ1n) is 6.67. The third-order valence-electron chi connectivity index (χ3n) is 3.20. The lowest BCUT2D eigenvalue weighted by Gasteiger charge is -2.25.